The summed E-state index contributed by atoms with van der Waals surface area (Å²) >= 11 is 0. The predicted molar refractivity (Wildman–Crippen MR) is 70.7 cm³/mol. The second-order valence-electron chi connectivity index (χ2n) is 4.34. The summed E-state index contributed by atoms with van der Waals surface area (Å²) in [5.74, 6) is -1.05. The Balaban J connectivity index is 2.08. The summed E-state index contributed by atoms with van der Waals surface area (Å²) in [4.78, 5) is 11.8. The molecule has 20 heavy (non-hydrogen) atoms. The highest BCUT2D eigenvalue weighted by Gasteiger charge is 2.11. The molecule has 0 aliphatic carbocycles. The van der Waals surface area contributed by atoms with E-state index in [0.29, 0.717) is 16.7 Å². The standard InChI is InChI=1S/C15H9FN2O2/c16-12-7-10(8-17)5-6-11(12)9-18-13-3-1-2-4-14(13)20-15(18)19/h1-7H,9H2. The Labute approximate surface area is 113 Å². The Hall–Kier alpha value is -2.87. The zero-order valence-corrected chi connectivity index (χ0v) is 10.3. The van der Waals surface area contributed by atoms with Crippen molar-refractivity contribution in [1.82, 2.24) is 4.57 Å². The van der Waals surface area contributed by atoms with E-state index in [1.54, 1.807) is 24.3 Å². The number of fused-ring (bicyclic) bond motifs is 1. The van der Waals surface area contributed by atoms with E-state index in [1.165, 1.54) is 16.7 Å². The first-order valence-electron chi connectivity index (χ1n) is 5.96. The fraction of sp³-hybridized carbons (Fsp3) is 0.0667. The summed E-state index contributed by atoms with van der Waals surface area (Å²) in [6, 6.07) is 13.0. The van der Waals surface area contributed by atoms with Crippen LogP contribution in [0, 0.1) is 17.1 Å². The molecule has 0 aliphatic heterocycles. The van der Waals surface area contributed by atoms with Crippen LogP contribution < -0.4 is 5.76 Å². The van der Waals surface area contributed by atoms with E-state index in [1.807, 2.05) is 6.07 Å². The first-order valence-corrected chi connectivity index (χ1v) is 5.96. The number of aromatic nitrogens is 1. The minimum absolute atomic E-state index is 0.0629. The molecule has 1 aromatic heterocycles. The lowest BCUT2D eigenvalue weighted by molar-refractivity contribution is 0.512. The molecule has 3 rings (SSSR count). The van der Waals surface area contributed by atoms with Gasteiger partial charge in [-0.1, -0.05) is 18.2 Å². The van der Waals surface area contributed by atoms with Gasteiger partial charge in [-0.15, -0.1) is 0 Å². The van der Waals surface area contributed by atoms with Gasteiger partial charge in [-0.05, 0) is 24.3 Å². The molecular weight excluding hydrogens is 259 g/mol. The quantitative estimate of drug-likeness (QED) is 0.718. The Morgan fingerprint density at radius 3 is 2.80 bits per heavy atom. The normalized spacial score (nSPS) is 10.6. The number of hydrogen-bond acceptors (Lipinski definition) is 3. The largest absolute Gasteiger partial charge is 0.420 e. The topological polar surface area (TPSA) is 58.9 Å². The van der Waals surface area contributed by atoms with Crippen molar-refractivity contribution in [3.05, 3.63) is 70.0 Å². The zero-order valence-electron chi connectivity index (χ0n) is 10.3. The Bertz CT molecular complexity index is 887. The first kappa shape index (κ1) is 12.2. The van der Waals surface area contributed by atoms with Crippen LogP contribution in [0.5, 0.6) is 0 Å². The van der Waals surface area contributed by atoms with Gasteiger partial charge in [-0.3, -0.25) is 4.57 Å². The molecular formula is C15H9FN2O2. The molecule has 0 amide bonds. The molecule has 4 nitrogen and oxygen atoms in total. The van der Waals surface area contributed by atoms with E-state index in [2.05, 4.69) is 0 Å². The lowest BCUT2D eigenvalue weighted by Gasteiger charge is -2.04. The Morgan fingerprint density at radius 2 is 2.05 bits per heavy atom. The van der Waals surface area contributed by atoms with Crippen LogP contribution in [0.4, 0.5) is 4.39 Å². The summed E-state index contributed by atoms with van der Waals surface area (Å²) < 4.78 is 20.3. The van der Waals surface area contributed by atoms with Crippen LogP contribution >= 0.6 is 0 Å². The summed E-state index contributed by atoms with van der Waals surface area (Å²) in [6.07, 6.45) is 0. The molecule has 5 heteroatoms. The number of nitriles is 1. The molecule has 98 valence electrons. The van der Waals surface area contributed by atoms with Crippen molar-refractivity contribution in [2.24, 2.45) is 0 Å². The van der Waals surface area contributed by atoms with Crippen molar-refractivity contribution in [2.75, 3.05) is 0 Å². The average molecular weight is 268 g/mol. The molecule has 0 atom stereocenters. The number of benzene rings is 2. The van der Waals surface area contributed by atoms with Gasteiger partial charge in [-0.25, -0.2) is 9.18 Å². The number of nitrogens with zero attached hydrogens (tertiary/aromatic N) is 2. The minimum Gasteiger partial charge on any atom is -0.408 e. The predicted octanol–water partition coefficient (Wildman–Crippen LogP) is 2.65. The molecule has 0 saturated carbocycles. The minimum atomic E-state index is -0.532. The highest BCUT2D eigenvalue weighted by atomic mass is 19.1. The van der Waals surface area contributed by atoms with Gasteiger partial charge < -0.3 is 4.42 Å². The molecule has 0 N–H and O–H groups in total. The maximum Gasteiger partial charge on any atom is 0.420 e. The summed E-state index contributed by atoms with van der Waals surface area (Å²) in [7, 11) is 0. The van der Waals surface area contributed by atoms with Gasteiger partial charge >= 0.3 is 5.76 Å². The monoisotopic (exact) mass is 268 g/mol. The summed E-state index contributed by atoms with van der Waals surface area (Å²) in [5, 5.41) is 8.71. The fourth-order valence-corrected chi connectivity index (χ4v) is 2.08. The number of rotatable bonds is 2. The molecule has 3 aromatic rings. The highest BCUT2D eigenvalue weighted by Crippen LogP contribution is 2.16. The third-order valence-corrected chi connectivity index (χ3v) is 3.08. The van der Waals surface area contributed by atoms with Crippen molar-refractivity contribution < 1.29 is 8.81 Å². The Kier molecular flexibility index (Phi) is 2.84. The third kappa shape index (κ3) is 1.97. The Morgan fingerprint density at radius 1 is 1.25 bits per heavy atom. The van der Waals surface area contributed by atoms with Crippen molar-refractivity contribution in [3.63, 3.8) is 0 Å². The van der Waals surface area contributed by atoms with Gasteiger partial charge in [0.25, 0.3) is 0 Å². The first-order chi connectivity index (χ1) is 9.69. The summed E-state index contributed by atoms with van der Waals surface area (Å²) in [5.41, 5.74) is 1.65. The van der Waals surface area contributed by atoms with Crippen LogP contribution in [-0.4, -0.2) is 4.57 Å². The van der Waals surface area contributed by atoms with E-state index in [-0.39, 0.29) is 12.1 Å². The second-order valence-corrected chi connectivity index (χ2v) is 4.34. The number of oxazole rings is 1. The van der Waals surface area contributed by atoms with Gasteiger partial charge in [0.2, 0.25) is 0 Å². The second kappa shape index (κ2) is 4.67. The smallest absolute Gasteiger partial charge is 0.408 e. The molecule has 0 radical (unpaired) electrons. The van der Waals surface area contributed by atoms with Crippen LogP contribution in [0.2, 0.25) is 0 Å². The van der Waals surface area contributed by atoms with Crippen LogP contribution in [0.25, 0.3) is 11.1 Å². The van der Waals surface area contributed by atoms with Crippen LogP contribution in [0.15, 0.2) is 51.7 Å². The third-order valence-electron chi connectivity index (χ3n) is 3.08. The molecule has 1 heterocycles. The van der Waals surface area contributed by atoms with Gasteiger partial charge in [0.05, 0.1) is 23.7 Å². The number of halogens is 1. The SMILES string of the molecule is N#Cc1ccc(Cn2c(=O)oc3ccccc32)c(F)c1. The fourth-order valence-electron chi connectivity index (χ4n) is 2.08. The van der Waals surface area contributed by atoms with Crippen LogP contribution in [0.1, 0.15) is 11.1 Å². The van der Waals surface area contributed by atoms with Gasteiger partial charge in [0.1, 0.15) is 5.82 Å². The van der Waals surface area contributed by atoms with E-state index >= 15 is 0 Å². The molecule has 0 spiro atoms. The highest BCUT2D eigenvalue weighted by molar-refractivity contribution is 5.72. The maximum absolute atomic E-state index is 13.9. The van der Waals surface area contributed by atoms with Gasteiger partial charge in [0.15, 0.2) is 5.58 Å². The summed E-state index contributed by atoms with van der Waals surface area (Å²) in [6.45, 7) is 0.0629. The maximum atomic E-state index is 13.9. The van der Waals surface area contributed by atoms with Gasteiger partial charge in [0, 0.05) is 5.56 Å². The molecule has 0 aliphatic rings. The number of hydrogen-bond donors (Lipinski definition) is 0. The lowest BCUT2D eigenvalue weighted by atomic mass is 10.1. The van der Waals surface area contributed by atoms with Crippen LogP contribution in [0.3, 0.4) is 0 Å². The van der Waals surface area contributed by atoms with Crippen molar-refractivity contribution in [1.29, 1.82) is 5.26 Å². The molecule has 0 fully saturated rings. The molecule has 0 bridgehead atoms. The molecule has 2 aromatic carbocycles. The average Bonchev–Trinajstić information content (AvgIpc) is 2.77. The van der Waals surface area contributed by atoms with E-state index in [4.69, 9.17) is 9.68 Å². The van der Waals surface area contributed by atoms with E-state index in [9.17, 15) is 9.18 Å². The van der Waals surface area contributed by atoms with Gasteiger partial charge in [-0.2, -0.15) is 5.26 Å². The molecule has 0 unspecified atom stereocenters. The number of para-hydroxylation sites is 2. The van der Waals surface area contributed by atoms with Crippen LogP contribution in [-0.2, 0) is 6.54 Å². The van der Waals surface area contributed by atoms with Crippen molar-refractivity contribution in [2.45, 2.75) is 6.54 Å². The molecule has 0 saturated heterocycles. The van der Waals surface area contributed by atoms with Crippen molar-refractivity contribution >= 4 is 11.1 Å². The van der Waals surface area contributed by atoms with E-state index < -0.39 is 11.6 Å². The van der Waals surface area contributed by atoms with Crippen molar-refractivity contribution in [3.8, 4) is 6.07 Å². The zero-order chi connectivity index (χ0) is 14.1. The lowest BCUT2D eigenvalue weighted by Crippen LogP contribution is -2.15. The van der Waals surface area contributed by atoms with E-state index in [0.717, 1.165) is 6.07 Å².